The molecule has 2 rings (SSSR count). The Hall–Kier alpha value is -1.39. The van der Waals surface area contributed by atoms with Crippen molar-refractivity contribution in [3.8, 4) is 5.75 Å². The van der Waals surface area contributed by atoms with E-state index in [1.807, 2.05) is 6.92 Å². The Labute approximate surface area is 201 Å². The van der Waals surface area contributed by atoms with Crippen LogP contribution in [-0.4, -0.2) is 44.9 Å². The Kier molecular flexibility index (Phi) is 13.7. The smallest absolute Gasteiger partial charge is 0.191 e. The van der Waals surface area contributed by atoms with Crippen LogP contribution < -0.4 is 15.4 Å². The average molecular weight is 547 g/mol. The van der Waals surface area contributed by atoms with Crippen molar-refractivity contribution in [2.45, 2.75) is 46.1 Å². The lowest BCUT2D eigenvalue weighted by molar-refractivity contribution is 0.172. The summed E-state index contributed by atoms with van der Waals surface area (Å²) in [6.45, 7) is 7.03. The van der Waals surface area contributed by atoms with Gasteiger partial charge in [-0.1, -0.05) is 12.1 Å². The number of aromatic nitrogens is 1. The Morgan fingerprint density at radius 1 is 1.13 bits per heavy atom. The minimum absolute atomic E-state index is 0. The van der Waals surface area contributed by atoms with Crippen LogP contribution in [0.5, 0.6) is 5.75 Å². The van der Waals surface area contributed by atoms with E-state index in [9.17, 15) is 0 Å². The highest BCUT2D eigenvalue weighted by Crippen LogP contribution is 2.20. The number of aliphatic imine (C=N–C) groups is 1. The van der Waals surface area contributed by atoms with E-state index in [1.54, 1.807) is 25.5 Å². The first-order valence-electron chi connectivity index (χ1n) is 10.2. The number of unbranched alkanes of at least 4 members (excludes halogenated alkanes) is 1. The van der Waals surface area contributed by atoms with Gasteiger partial charge in [0.15, 0.2) is 5.96 Å². The van der Waals surface area contributed by atoms with Crippen molar-refractivity contribution < 1.29 is 9.47 Å². The number of rotatable bonds is 12. The molecule has 1 aromatic heterocycles. The van der Waals surface area contributed by atoms with Gasteiger partial charge in [-0.2, -0.15) is 0 Å². The van der Waals surface area contributed by atoms with E-state index < -0.39 is 0 Å². The predicted octanol–water partition coefficient (Wildman–Crippen LogP) is 4.48. The molecule has 0 bridgehead atoms. The van der Waals surface area contributed by atoms with E-state index in [2.05, 4.69) is 51.1 Å². The summed E-state index contributed by atoms with van der Waals surface area (Å²) in [5.74, 6) is 1.73. The van der Waals surface area contributed by atoms with E-state index in [0.29, 0.717) is 19.8 Å². The Morgan fingerprint density at radius 3 is 2.67 bits per heavy atom. The number of nitrogens with zero attached hydrogens (tertiary/aromatic N) is 2. The molecule has 1 aromatic carbocycles. The summed E-state index contributed by atoms with van der Waals surface area (Å²) in [5, 5.41) is 10.1. The highest BCUT2D eigenvalue weighted by molar-refractivity contribution is 14.0. The van der Waals surface area contributed by atoms with Gasteiger partial charge in [0, 0.05) is 56.9 Å². The summed E-state index contributed by atoms with van der Waals surface area (Å²) >= 11 is 1.75. The number of thiazole rings is 1. The molecule has 168 valence electrons. The van der Waals surface area contributed by atoms with Gasteiger partial charge in [-0.05, 0) is 44.7 Å². The van der Waals surface area contributed by atoms with Crippen LogP contribution in [0.25, 0.3) is 0 Å². The van der Waals surface area contributed by atoms with Crippen LogP contribution in [0.4, 0.5) is 0 Å². The molecule has 0 saturated carbocycles. The van der Waals surface area contributed by atoms with Gasteiger partial charge in [0.05, 0.1) is 11.6 Å². The number of halogens is 1. The molecule has 1 heterocycles. The Balaban J connectivity index is 0.00000450. The van der Waals surface area contributed by atoms with Crippen LogP contribution in [0.15, 0.2) is 28.6 Å². The van der Waals surface area contributed by atoms with Gasteiger partial charge in [-0.15, -0.1) is 35.3 Å². The van der Waals surface area contributed by atoms with Gasteiger partial charge in [0.1, 0.15) is 5.75 Å². The second kappa shape index (κ2) is 15.4. The molecule has 0 atom stereocenters. The van der Waals surface area contributed by atoms with Crippen molar-refractivity contribution in [3.63, 3.8) is 0 Å². The van der Waals surface area contributed by atoms with Crippen LogP contribution in [0.2, 0.25) is 0 Å². The highest BCUT2D eigenvalue weighted by atomic mass is 127. The van der Waals surface area contributed by atoms with Crippen molar-refractivity contribution in [2.75, 3.05) is 33.9 Å². The molecular formula is C22H35IN4O2S. The van der Waals surface area contributed by atoms with Gasteiger partial charge < -0.3 is 20.1 Å². The van der Waals surface area contributed by atoms with E-state index >= 15 is 0 Å². The van der Waals surface area contributed by atoms with E-state index in [1.165, 1.54) is 10.6 Å². The van der Waals surface area contributed by atoms with Crippen molar-refractivity contribution in [1.82, 2.24) is 15.6 Å². The van der Waals surface area contributed by atoms with Crippen molar-refractivity contribution in [3.05, 3.63) is 45.4 Å². The monoisotopic (exact) mass is 546 g/mol. The molecule has 0 radical (unpaired) electrons. The zero-order valence-corrected chi connectivity index (χ0v) is 21.6. The fraction of sp³-hybridized carbons (Fsp3) is 0.545. The largest absolute Gasteiger partial charge is 0.493 e. The third-order valence-corrected chi connectivity index (χ3v) is 5.45. The van der Waals surface area contributed by atoms with Crippen LogP contribution in [-0.2, 0) is 17.7 Å². The number of ether oxygens (including phenoxy) is 2. The number of hydrogen-bond donors (Lipinski definition) is 2. The number of nitrogens with one attached hydrogen (secondary N) is 2. The van der Waals surface area contributed by atoms with Crippen molar-refractivity contribution in [1.29, 1.82) is 0 Å². The summed E-state index contributed by atoms with van der Waals surface area (Å²) in [6.07, 6.45) is 4.12. The fourth-order valence-corrected chi connectivity index (χ4v) is 3.67. The Bertz CT molecular complexity index is 767. The molecule has 0 unspecified atom stereocenters. The Morgan fingerprint density at radius 2 is 1.97 bits per heavy atom. The second-order valence-corrected chi connectivity index (χ2v) is 7.94. The summed E-state index contributed by atoms with van der Waals surface area (Å²) in [5.41, 5.74) is 3.43. The number of aryl methyl sites for hydroxylation is 3. The highest BCUT2D eigenvalue weighted by Gasteiger charge is 2.06. The lowest BCUT2D eigenvalue weighted by Crippen LogP contribution is -2.37. The van der Waals surface area contributed by atoms with E-state index in [-0.39, 0.29) is 24.0 Å². The van der Waals surface area contributed by atoms with Crippen molar-refractivity contribution >= 4 is 41.3 Å². The third kappa shape index (κ3) is 10.1. The molecular weight excluding hydrogens is 511 g/mol. The van der Waals surface area contributed by atoms with E-state index in [0.717, 1.165) is 55.2 Å². The zero-order chi connectivity index (χ0) is 20.9. The SMILES string of the molecule is CN=C(NCCCCc1nc(C)cs1)NCc1ccc(C)cc1OCCCOC.I. The lowest BCUT2D eigenvalue weighted by Gasteiger charge is -2.15. The average Bonchev–Trinajstić information content (AvgIpc) is 3.13. The summed E-state index contributed by atoms with van der Waals surface area (Å²) in [4.78, 5) is 8.83. The maximum atomic E-state index is 5.96. The topological polar surface area (TPSA) is 67.8 Å². The number of methoxy groups -OCH3 is 1. The molecule has 6 nitrogen and oxygen atoms in total. The normalized spacial score (nSPS) is 11.1. The molecule has 0 aliphatic rings. The number of benzene rings is 1. The molecule has 2 N–H and O–H groups in total. The standard InChI is InChI=1S/C22H34N4O2S.HI/c1-17-9-10-19(20(14-17)28-13-7-12-27-4)15-25-22(23-3)24-11-6-5-8-21-26-18(2)16-29-21;/h9-10,14,16H,5-8,11-13,15H2,1-4H3,(H2,23,24,25);1H. The first-order chi connectivity index (χ1) is 14.1. The molecule has 0 saturated heterocycles. The van der Waals surface area contributed by atoms with Gasteiger partial charge >= 0.3 is 0 Å². The van der Waals surface area contributed by atoms with Gasteiger partial charge in [0.2, 0.25) is 0 Å². The number of guanidine groups is 1. The molecule has 0 amide bonds. The minimum atomic E-state index is 0. The van der Waals surface area contributed by atoms with Crippen LogP contribution in [0.3, 0.4) is 0 Å². The first-order valence-corrected chi connectivity index (χ1v) is 11.1. The predicted molar refractivity (Wildman–Crippen MR) is 137 cm³/mol. The maximum Gasteiger partial charge on any atom is 0.191 e. The fourth-order valence-electron chi connectivity index (χ4n) is 2.85. The summed E-state index contributed by atoms with van der Waals surface area (Å²) < 4.78 is 11.0. The first kappa shape index (κ1) is 26.6. The second-order valence-electron chi connectivity index (χ2n) is 7.00. The van der Waals surface area contributed by atoms with Gasteiger partial charge in [0.25, 0.3) is 0 Å². The molecule has 0 fully saturated rings. The quantitative estimate of drug-likeness (QED) is 0.178. The van der Waals surface area contributed by atoms with Crippen molar-refractivity contribution in [2.24, 2.45) is 4.99 Å². The molecule has 8 heteroatoms. The molecule has 0 aliphatic carbocycles. The molecule has 0 aliphatic heterocycles. The molecule has 0 spiro atoms. The van der Waals surface area contributed by atoms with Gasteiger partial charge in [-0.3, -0.25) is 4.99 Å². The minimum Gasteiger partial charge on any atom is -0.493 e. The van der Waals surface area contributed by atoms with Crippen LogP contribution in [0, 0.1) is 13.8 Å². The summed E-state index contributed by atoms with van der Waals surface area (Å²) in [7, 11) is 3.51. The molecule has 30 heavy (non-hydrogen) atoms. The third-order valence-electron chi connectivity index (χ3n) is 4.42. The zero-order valence-electron chi connectivity index (χ0n) is 18.5. The van der Waals surface area contributed by atoms with Crippen LogP contribution >= 0.6 is 35.3 Å². The lowest BCUT2D eigenvalue weighted by atomic mass is 10.1. The maximum absolute atomic E-state index is 5.96. The van der Waals surface area contributed by atoms with Crippen LogP contribution in [0.1, 0.15) is 41.1 Å². The summed E-state index contributed by atoms with van der Waals surface area (Å²) in [6, 6.07) is 6.30. The number of hydrogen-bond acceptors (Lipinski definition) is 5. The van der Waals surface area contributed by atoms with E-state index in [4.69, 9.17) is 9.47 Å². The van der Waals surface area contributed by atoms with Gasteiger partial charge in [-0.25, -0.2) is 4.98 Å². The molecule has 2 aromatic rings.